The van der Waals surface area contributed by atoms with Gasteiger partial charge in [-0.1, -0.05) is 6.08 Å². The van der Waals surface area contributed by atoms with Crippen LogP contribution in [0.2, 0.25) is 0 Å². The number of ether oxygens (including phenoxy) is 1. The maximum absolute atomic E-state index is 10.2. The fourth-order valence-corrected chi connectivity index (χ4v) is 0.980. The molecule has 0 saturated carbocycles. The van der Waals surface area contributed by atoms with Gasteiger partial charge < -0.3 is 4.74 Å². The number of thiol groups is 1. The Hall–Kier alpha value is -0.280. The lowest BCUT2D eigenvalue weighted by Gasteiger charge is -2.15. The molecule has 0 aromatic heterocycles. The average molecular weight is 144 g/mol. The fraction of sp³-hybridized carbons (Fsp3) is 0.500. The number of rotatable bonds is 1. The van der Waals surface area contributed by atoms with E-state index in [0.29, 0.717) is 12.2 Å². The molecule has 9 heavy (non-hydrogen) atoms. The lowest BCUT2D eigenvalue weighted by Crippen LogP contribution is -2.15. The summed E-state index contributed by atoms with van der Waals surface area (Å²) < 4.78 is 5.05. The summed E-state index contributed by atoms with van der Waals surface area (Å²) in [5.74, 6) is 0. The zero-order valence-corrected chi connectivity index (χ0v) is 5.80. The van der Waals surface area contributed by atoms with Crippen LogP contribution in [0.3, 0.4) is 0 Å². The summed E-state index contributed by atoms with van der Waals surface area (Å²) in [4.78, 5) is 10.2. The van der Waals surface area contributed by atoms with Gasteiger partial charge in [0.25, 0.3) is 0 Å². The Morgan fingerprint density at radius 2 is 2.67 bits per heavy atom. The molecule has 0 spiro atoms. The first-order valence-electron chi connectivity index (χ1n) is 2.79. The number of carbonyl (C=O) groups excluding carboxylic acids is 1. The predicted octanol–water partition coefficient (Wildman–Crippen LogP) is 0.788. The monoisotopic (exact) mass is 144 g/mol. The highest BCUT2D eigenvalue weighted by molar-refractivity contribution is 7.81. The van der Waals surface area contributed by atoms with Gasteiger partial charge in [0, 0.05) is 5.57 Å². The topological polar surface area (TPSA) is 26.3 Å². The highest BCUT2D eigenvalue weighted by atomic mass is 32.1. The van der Waals surface area contributed by atoms with Gasteiger partial charge in [0.15, 0.2) is 0 Å². The van der Waals surface area contributed by atoms with Crippen molar-refractivity contribution >= 4 is 18.9 Å². The Balaban J connectivity index is 2.63. The van der Waals surface area contributed by atoms with Crippen LogP contribution in [0.25, 0.3) is 0 Å². The second-order valence-electron chi connectivity index (χ2n) is 1.83. The van der Waals surface area contributed by atoms with E-state index >= 15 is 0 Å². The van der Waals surface area contributed by atoms with Crippen LogP contribution in [0.1, 0.15) is 6.42 Å². The van der Waals surface area contributed by atoms with Crippen LogP contribution in [0.15, 0.2) is 11.6 Å². The first-order chi connectivity index (χ1) is 4.34. The van der Waals surface area contributed by atoms with Crippen molar-refractivity contribution in [3.63, 3.8) is 0 Å². The van der Waals surface area contributed by atoms with E-state index in [1.807, 2.05) is 6.08 Å². The molecule has 1 aliphatic heterocycles. The maximum Gasteiger partial charge on any atom is 0.149 e. The van der Waals surface area contributed by atoms with E-state index in [0.717, 1.165) is 12.7 Å². The van der Waals surface area contributed by atoms with E-state index < -0.39 is 0 Å². The van der Waals surface area contributed by atoms with Gasteiger partial charge in [-0.2, -0.15) is 0 Å². The van der Waals surface area contributed by atoms with E-state index in [9.17, 15) is 4.79 Å². The lowest BCUT2D eigenvalue weighted by molar-refractivity contribution is -0.105. The minimum Gasteiger partial charge on any atom is -0.363 e. The molecule has 0 fully saturated rings. The van der Waals surface area contributed by atoms with Gasteiger partial charge in [-0.3, -0.25) is 4.79 Å². The minimum absolute atomic E-state index is 0.295. The zero-order valence-electron chi connectivity index (χ0n) is 4.91. The molecule has 1 rings (SSSR count). The Morgan fingerprint density at radius 3 is 3.11 bits per heavy atom. The first kappa shape index (κ1) is 6.83. The molecule has 3 heteroatoms. The van der Waals surface area contributed by atoms with E-state index in [2.05, 4.69) is 12.6 Å². The molecule has 1 aliphatic rings. The van der Waals surface area contributed by atoms with Crippen molar-refractivity contribution in [2.45, 2.75) is 11.9 Å². The van der Waals surface area contributed by atoms with E-state index in [-0.39, 0.29) is 5.44 Å². The highest BCUT2D eigenvalue weighted by Crippen LogP contribution is 2.14. The minimum atomic E-state index is -0.295. The van der Waals surface area contributed by atoms with Crippen LogP contribution >= 0.6 is 12.6 Å². The van der Waals surface area contributed by atoms with E-state index in [4.69, 9.17) is 4.74 Å². The first-order valence-corrected chi connectivity index (χ1v) is 3.31. The summed E-state index contributed by atoms with van der Waals surface area (Å²) in [7, 11) is 0. The van der Waals surface area contributed by atoms with Crippen LogP contribution < -0.4 is 0 Å². The van der Waals surface area contributed by atoms with Crippen LogP contribution in [0.5, 0.6) is 0 Å². The standard InChI is InChI=1S/C6H8O2S/c7-4-5-2-1-3-8-6(5)9/h2,4,6,9H,1,3H2. The van der Waals surface area contributed by atoms with Crippen molar-refractivity contribution in [3.8, 4) is 0 Å². The Kier molecular flexibility index (Phi) is 2.30. The summed E-state index contributed by atoms with van der Waals surface area (Å²) >= 11 is 4.01. The van der Waals surface area contributed by atoms with Gasteiger partial charge in [0.05, 0.1) is 6.61 Å². The third-order valence-electron chi connectivity index (χ3n) is 1.19. The molecule has 2 nitrogen and oxygen atoms in total. The van der Waals surface area contributed by atoms with Crippen LogP contribution in [-0.2, 0) is 9.53 Å². The molecular formula is C6H8O2S. The summed E-state index contributed by atoms with van der Waals surface area (Å²) in [5.41, 5.74) is 0.348. The number of hydrogen-bond acceptors (Lipinski definition) is 3. The normalized spacial score (nSPS) is 27.2. The predicted molar refractivity (Wildman–Crippen MR) is 37.5 cm³/mol. The van der Waals surface area contributed by atoms with Crippen LogP contribution in [0, 0.1) is 0 Å². The molecular weight excluding hydrogens is 136 g/mol. The van der Waals surface area contributed by atoms with Crippen molar-refractivity contribution in [2.24, 2.45) is 0 Å². The second-order valence-corrected chi connectivity index (χ2v) is 2.30. The second kappa shape index (κ2) is 3.03. The molecule has 0 aromatic rings. The van der Waals surface area contributed by atoms with Gasteiger partial charge in [-0.15, -0.1) is 12.6 Å². The van der Waals surface area contributed by atoms with Gasteiger partial charge in [-0.05, 0) is 6.42 Å². The third kappa shape index (κ3) is 1.56. The summed E-state index contributed by atoms with van der Waals surface area (Å²) in [6, 6.07) is 0. The third-order valence-corrected chi connectivity index (χ3v) is 1.64. The maximum atomic E-state index is 10.2. The van der Waals surface area contributed by atoms with E-state index in [1.165, 1.54) is 0 Å². The van der Waals surface area contributed by atoms with Crippen LogP contribution in [0.4, 0.5) is 0 Å². The molecule has 0 aromatic carbocycles. The summed E-state index contributed by atoms with van der Waals surface area (Å²) in [5, 5.41) is 0. The molecule has 0 N–H and O–H groups in total. The molecule has 50 valence electrons. The van der Waals surface area contributed by atoms with Gasteiger partial charge in [0.1, 0.15) is 11.7 Å². The van der Waals surface area contributed by atoms with Gasteiger partial charge >= 0.3 is 0 Å². The largest absolute Gasteiger partial charge is 0.363 e. The molecule has 0 radical (unpaired) electrons. The quantitative estimate of drug-likeness (QED) is 0.435. The van der Waals surface area contributed by atoms with Crippen molar-refractivity contribution in [2.75, 3.05) is 6.61 Å². The summed E-state index contributed by atoms with van der Waals surface area (Å²) in [6.07, 6.45) is 3.47. The Labute approximate surface area is 59.3 Å². The van der Waals surface area contributed by atoms with Gasteiger partial charge in [0.2, 0.25) is 0 Å². The molecule has 0 amide bonds. The van der Waals surface area contributed by atoms with Crippen molar-refractivity contribution in [1.29, 1.82) is 0 Å². The number of hydrogen-bond donors (Lipinski definition) is 1. The molecule has 0 saturated heterocycles. The Morgan fingerprint density at radius 1 is 1.89 bits per heavy atom. The summed E-state index contributed by atoms with van der Waals surface area (Å²) in [6.45, 7) is 0.672. The molecule has 1 heterocycles. The van der Waals surface area contributed by atoms with Crippen molar-refractivity contribution in [3.05, 3.63) is 11.6 Å². The zero-order chi connectivity index (χ0) is 6.69. The molecule has 1 unspecified atom stereocenters. The van der Waals surface area contributed by atoms with Crippen molar-refractivity contribution < 1.29 is 9.53 Å². The average Bonchev–Trinajstić information content (AvgIpc) is 1.89. The molecule has 0 aliphatic carbocycles. The number of carbonyl (C=O) groups is 1. The molecule has 0 bridgehead atoms. The van der Waals surface area contributed by atoms with Crippen LogP contribution in [-0.4, -0.2) is 18.3 Å². The SMILES string of the molecule is O=CC1=CCCOC1S. The van der Waals surface area contributed by atoms with Gasteiger partial charge in [-0.25, -0.2) is 0 Å². The lowest BCUT2D eigenvalue weighted by atomic mass is 10.2. The molecule has 1 atom stereocenters. The Bertz CT molecular complexity index is 142. The van der Waals surface area contributed by atoms with Crippen molar-refractivity contribution in [1.82, 2.24) is 0 Å². The fourth-order valence-electron chi connectivity index (χ4n) is 0.709. The smallest absolute Gasteiger partial charge is 0.149 e. The van der Waals surface area contributed by atoms with E-state index in [1.54, 1.807) is 0 Å². The number of aldehydes is 1. The highest BCUT2D eigenvalue weighted by Gasteiger charge is 2.11.